The number of aliphatic hydroxyl groups is 4. The molecule has 7 N–H and O–H groups in total. The summed E-state index contributed by atoms with van der Waals surface area (Å²) in [6, 6.07) is 0. The van der Waals surface area contributed by atoms with E-state index in [4.69, 9.17) is 39.7 Å². The Morgan fingerprint density at radius 3 is 1.47 bits per heavy atom. The lowest BCUT2D eigenvalue weighted by Crippen LogP contribution is -2.14. The van der Waals surface area contributed by atoms with Crippen LogP contribution in [0, 0.1) is 0 Å². The Hall–Kier alpha value is -0.710. The van der Waals surface area contributed by atoms with Crippen molar-refractivity contribution in [3.63, 3.8) is 0 Å². The number of rotatable bonds is 3. The van der Waals surface area contributed by atoms with E-state index in [0.717, 1.165) is 6.92 Å². The number of carbonyl (C=O) groups excluding carboxylic acids is 2. The summed E-state index contributed by atoms with van der Waals surface area (Å²) in [5.41, 5.74) is 0. The van der Waals surface area contributed by atoms with Crippen LogP contribution in [0.1, 0.15) is 6.92 Å². The molecule has 0 amide bonds. The van der Waals surface area contributed by atoms with Gasteiger partial charge in [0.15, 0.2) is 12.1 Å². The van der Waals surface area contributed by atoms with E-state index in [0.29, 0.717) is 0 Å². The van der Waals surface area contributed by atoms with E-state index in [2.05, 4.69) is 0 Å². The zero-order valence-electron chi connectivity index (χ0n) is 8.74. The first-order chi connectivity index (χ1) is 7.45. The number of aldehydes is 1. The molecule has 0 aliphatic heterocycles. The van der Waals surface area contributed by atoms with Gasteiger partial charge >= 0.3 is 7.82 Å². The van der Waals surface area contributed by atoms with Crippen LogP contribution in [0.2, 0.25) is 0 Å². The molecule has 0 spiro atoms. The van der Waals surface area contributed by atoms with Crippen molar-refractivity contribution in [3.05, 3.63) is 0 Å². The molecule has 1 atom stereocenters. The molecule has 0 aromatic rings. The molecule has 0 aliphatic rings. The van der Waals surface area contributed by atoms with Gasteiger partial charge in [-0.1, -0.05) is 0 Å². The van der Waals surface area contributed by atoms with Gasteiger partial charge in [0.2, 0.25) is 6.29 Å². The van der Waals surface area contributed by atoms with Crippen LogP contribution in [-0.2, 0) is 14.2 Å². The Bertz CT molecular complexity index is 237. The van der Waals surface area contributed by atoms with Gasteiger partial charge in [0, 0.05) is 0 Å². The van der Waals surface area contributed by atoms with Crippen LogP contribution in [0.25, 0.3) is 0 Å². The van der Waals surface area contributed by atoms with Crippen LogP contribution in [0.15, 0.2) is 0 Å². The molecule has 0 saturated carbocycles. The molecule has 0 aromatic carbocycles. The Balaban J connectivity index is -0.000000174. The van der Waals surface area contributed by atoms with Gasteiger partial charge in [-0.05, 0) is 6.92 Å². The largest absolute Gasteiger partial charge is 0.466 e. The Labute approximate surface area is 96.0 Å². The molecule has 0 aromatic heterocycles. The van der Waals surface area contributed by atoms with Gasteiger partial charge in [-0.2, -0.15) is 0 Å². The SMILES string of the molecule is CC(=O)C(O)O.O=C[C@H](O)CO.O=P(O)(O)O. The lowest BCUT2D eigenvalue weighted by molar-refractivity contribution is -0.142. The maximum absolute atomic E-state index is 9.64. The van der Waals surface area contributed by atoms with Crippen LogP contribution in [0.3, 0.4) is 0 Å². The number of phosphoric acid groups is 1. The second-order valence-corrected chi connectivity index (χ2v) is 3.41. The molecule has 0 fully saturated rings. The smallest absolute Gasteiger partial charge is 0.393 e. The minimum atomic E-state index is -4.64. The van der Waals surface area contributed by atoms with Crippen LogP contribution in [-0.4, -0.2) is 66.2 Å². The summed E-state index contributed by atoms with van der Waals surface area (Å²) < 4.78 is 8.88. The summed E-state index contributed by atoms with van der Waals surface area (Å²) in [5.74, 6) is -0.630. The van der Waals surface area contributed by atoms with E-state index >= 15 is 0 Å². The first kappa shape index (κ1) is 21.6. The van der Waals surface area contributed by atoms with Crippen molar-refractivity contribution in [2.24, 2.45) is 0 Å². The molecule has 0 unspecified atom stereocenters. The number of aliphatic hydroxyl groups excluding tert-OH is 3. The number of ketones is 1. The Morgan fingerprint density at radius 1 is 1.24 bits per heavy atom. The summed E-state index contributed by atoms with van der Waals surface area (Å²) in [6.07, 6.45) is -2.70. The van der Waals surface area contributed by atoms with E-state index in [9.17, 15) is 9.59 Å². The lowest BCUT2D eigenvalue weighted by atomic mass is 10.4. The van der Waals surface area contributed by atoms with Crippen molar-refractivity contribution in [1.82, 2.24) is 0 Å². The minimum Gasteiger partial charge on any atom is -0.393 e. The topological polar surface area (TPSA) is 193 Å². The minimum absolute atomic E-state index is 0.278. The van der Waals surface area contributed by atoms with Crippen molar-refractivity contribution >= 4 is 19.9 Å². The molecule has 17 heavy (non-hydrogen) atoms. The highest BCUT2D eigenvalue weighted by Gasteiger charge is 2.00. The van der Waals surface area contributed by atoms with Crippen LogP contribution in [0.4, 0.5) is 0 Å². The lowest BCUT2D eigenvalue weighted by Gasteiger charge is -1.90. The second-order valence-electron chi connectivity index (χ2n) is 2.38. The fourth-order valence-corrected chi connectivity index (χ4v) is 0.0430. The van der Waals surface area contributed by atoms with Gasteiger partial charge in [0.25, 0.3) is 0 Å². The van der Waals surface area contributed by atoms with Gasteiger partial charge in [0.1, 0.15) is 6.10 Å². The van der Waals surface area contributed by atoms with Crippen molar-refractivity contribution < 1.29 is 49.3 Å². The molecule has 104 valence electrons. The molecular formula is C6H15O10P. The Morgan fingerprint density at radius 2 is 1.47 bits per heavy atom. The highest BCUT2D eigenvalue weighted by molar-refractivity contribution is 7.45. The van der Waals surface area contributed by atoms with E-state index < -0.39 is 32.6 Å². The van der Waals surface area contributed by atoms with Gasteiger partial charge in [-0.15, -0.1) is 0 Å². The number of Topliss-reactive ketones (excluding diaryl/α,β-unsaturated/α-hetero) is 1. The van der Waals surface area contributed by atoms with E-state index in [1.54, 1.807) is 0 Å². The van der Waals surface area contributed by atoms with E-state index in [1.807, 2.05) is 0 Å². The van der Waals surface area contributed by atoms with Crippen LogP contribution >= 0.6 is 7.82 Å². The van der Waals surface area contributed by atoms with Crippen molar-refractivity contribution in [2.45, 2.75) is 19.3 Å². The quantitative estimate of drug-likeness (QED) is 0.155. The molecule has 0 aliphatic carbocycles. The maximum Gasteiger partial charge on any atom is 0.466 e. The molecule has 0 saturated heterocycles. The molecule has 0 heterocycles. The average molecular weight is 278 g/mol. The molecule has 0 bridgehead atoms. The Kier molecular flexibility index (Phi) is 14.9. The number of hydrogen-bond donors (Lipinski definition) is 7. The van der Waals surface area contributed by atoms with Crippen LogP contribution < -0.4 is 0 Å². The highest BCUT2D eigenvalue weighted by atomic mass is 31.2. The fraction of sp³-hybridized carbons (Fsp3) is 0.667. The summed E-state index contributed by atoms with van der Waals surface area (Å²) in [6.45, 7) is 0.619. The molecule has 0 rings (SSSR count). The number of carbonyl (C=O) groups is 2. The standard InChI is InChI=1S/2C3H6O3.H3O4P/c4-1-3(6)2-5;1-2(4)3(5)6;1-5(2,3)4/h1,3,5-6H,2H2;3,5-6H,1H3;(H3,1,2,3,4)/t3-;;/m0../s1. The molecule has 0 radical (unpaired) electrons. The predicted octanol–water partition coefficient (Wildman–Crippen LogP) is -3.50. The van der Waals surface area contributed by atoms with Crippen molar-refractivity contribution in [2.75, 3.05) is 6.61 Å². The summed E-state index contributed by atoms with van der Waals surface area (Å²) >= 11 is 0. The monoisotopic (exact) mass is 278 g/mol. The molecular weight excluding hydrogens is 263 g/mol. The first-order valence-corrected chi connectivity index (χ1v) is 5.41. The normalized spacial score (nSPS) is 11.6. The predicted molar refractivity (Wildman–Crippen MR) is 52.3 cm³/mol. The third kappa shape index (κ3) is 50.8. The fourth-order valence-electron chi connectivity index (χ4n) is 0.0430. The summed E-state index contributed by atoms with van der Waals surface area (Å²) in [7, 11) is -4.64. The molecule has 10 nitrogen and oxygen atoms in total. The van der Waals surface area contributed by atoms with Gasteiger partial charge in [-0.25, -0.2) is 4.57 Å². The summed E-state index contributed by atoms with van der Waals surface area (Å²) in [4.78, 5) is 40.5. The van der Waals surface area contributed by atoms with Crippen molar-refractivity contribution in [3.8, 4) is 0 Å². The van der Waals surface area contributed by atoms with Crippen molar-refractivity contribution in [1.29, 1.82) is 0 Å². The van der Waals surface area contributed by atoms with Gasteiger partial charge in [0.05, 0.1) is 6.61 Å². The third-order valence-electron chi connectivity index (χ3n) is 0.708. The maximum atomic E-state index is 9.64. The van der Waals surface area contributed by atoms with Crippen LogP contribution in [0.5, 0.6) is 0 Å². The van der Waals surface area contributed by atoms with E-state index in [-0.39, 0.29) is 6.29 Å². The number of hydrogen-bond acceptors (Lipinski definition) is 7. The second kappa shape index (κ2) is 11.8. The average Bonchev–Trinajstić information content (AvgIpc) is 2.14. The summed E-state index contributed by atoms with van der Waals surface area (Å²) in [5, 5.41) is 31.6. The molecule has 11 heteroatoms. The highest BCUT2D eigenvalue weighted by Crippen LogP contribution is 2.25. The van der Waals surface area contributed by atoms with Gasteiger partial charge in [-0.3, -0.25) is 4.79 Å². The third-order valence-corrected chi connectivity index (χ3v) is 0.708. The zero-order valence-corrected chi connectivity index (χ0v) is 9.64. The zero-order chi connectivity index (χ0) is 14.6. The van der Waals surface area contributed by atoms with E-state index in [1.165, 1.54) is 0 Å². The van der Waals surface area contributed by atoms with Gasteiger partial charge < -0.3 is 39.9 Å². The first-order valence-electron chi connectivity index (χ1n) is 3.84.